The molecule has 3 aliphatic rings. The minimum atomic E-state index is 0.659. The molecular weight excluding hydrogens is 168 g/mol. The lowest BCUT2D eigenvalue weighted by molar-refractivity contribution is 0.204. The van der Waals surface area contributed by atoms with E-state index in [0.29, 0.717) is 10.8 Å². The topological polar surface area (TPSA) is 0 Å². The summed E-state index contributed by atoms with van der Waals surface area (Å²) < 4.78 is 0. The summed E-state index contributed by atoms with van der Waals surface area (Å²) in [5.74, 6) is 2.12. The maximum Gasteiger partial charge on any atom is 0.00778 e. The molecule has 4 rings (SSSR count). The van der Waals surface area contributed by atoms with Gasteiger partial charge in [0.25, 0.3) is 0 Å². The molecule has 0 bridgehead atoms. The number of rotatable bonds is 1. The van der Waals surface area contributed by atoms with Crippen LogP contribution in [0.25, 0.3) is 0 Å². The van der Waals surface area contributed by atoms with Crippen LogP contribution in [0.5, 0.6) is 0 Å². The van der Waals surface area contributed by atoms with Crippen LogP contribution in [0.2, 0.25) is 0 Å². The molecule has 0 nitrogen and oxygen atoms in total. The molecular formula is C14H16. The first-order valence-electron chi connectivity index (χ1n) is 5.87. The second-order valence-corrected chi connectivity index (χ2v) is 5.63. The maximum atomic E-state index is 2.51. The standard InChI is InChI=1S/C14H16/c1-13-9-5-8-11-12(13)14(11,13)10-6-3-2-4-7-10/h2-4,6-7,11-12H,5,8-9H2,1H3. The molecule has 0 radical (unpaired) electrons. The van der Waals surface area contributed by atoms with Crippen LogP contribution in [0, 0.1) is 17.3 Å². The van der Waals surface area contributed by atoms with Crippen LogP contribution >= 0.6 is 0 Å². The molecule has 0 heterocycles. The second kappa shape index (κ2) is 1.93. The van der Waals surface area contributed by atoms with Gasteiger partial charge in [-0.25, -0.2) is 0 Å². The molecule has 3 saturated carbocycles. The van der Waals surface area contributed by atoms with Gasteiger partial charge in [0.2, 0.25) is 0 Å². The molecule has 0 amide bonds. The van der Waals surface area contributed by atoms with E-state index < -0.39 is 0 Å². The van der Waals surface area contributed by atoms with Gasteiger partial charge in [-0.15, -0.1) is 0 Å². The van der Waals surface area contributed by atoms with Gasteiger partial charge in [-0.3, -0.25) is 0 Å². The lowest BCUT2D eigenvalue weighted by atomic mass is 9.70. The average Bonchev–Trinajstić information content (AvgIpc) is 3.07. The Morgan fingerprint density at radius 1 is 1.21 bits per heavy atom. The highest BCUT2D eigenvalue weighted by atomic mass is 15.0. The SMILES string of the molecule is CC12CCCC3C1C32c1ccccc1. The van der Waals surface area contributed by atoms with Crippen LogP contribution in [0.4, 0.5) is 0 Å². The summed E-state index contributed by atoms with van der Waals surface area (Å²) in [7, 11) is 0. The molecule has 1 aromatic carbocycles. The molecule has 0 spiro atoms. The highest BCUT2D eigenvalue weighted by molar-refractivity contribution is 5.55. The molecule has 3 aliphatic carbocycles. The Bertz CT molecular complexity index is 394. The van der Waals surface area contributed by atoms with Crippen LogP contribution in [-0.4, -0.2) is 0 Å². The van der Waals surface area contributed by atoms with E-state index >= 15 is 0 Å². The van der Waals surface area contributed by atoms with Gasteiger partial charge >= 0.3 is 0 Å². The Hall–Kier alpha value is -0.780. The van der Waals surface area contributed by atoms with Gasteiger partial charge in [-0.05, 0) is 35.7 Å². The zero-order valence-corrected chi connectivity index (χ0v) is 8.66. The lowest BCUT2D eigenvalue weighted by Gasteiger charge is -2.34. The minimum Gasteiger partial charge on any atom is -0.0622 e. The number of fused-ring (bicyclic) bond motifs is 2. The van der Waals surface area contributed by atoms with Crippen molar-refractivity contribution >= 4 is 0 Å². The molecule has 0 heteroatoms. The van der Waals surface area contributed by atoms with Gasteiger partial charge in [0.1, 0.15) is 0 Å². The largest absolute Gasteiger partial charge is 0.0622 e. The first-order chi connectivity index (χ1) is 6.82. The van der Waals surface area contributed by atoms with E-state index in [1.807, 2.05) is 0 Å². The maximum absolute atomic E-state index is 2.51. The van der Waals surface area contributed by atoms with Crippen LogP contribution in [0.1, 0.15) is 31.7 Å². The summed E-state index contributed by atoms with van der Waals surface area (Å²) in [4.78, 5) is 0. The van der Waals surface area contributed by atoms with Crippen LogP contribution in [-0.2, 0) is 5.41 Å². The van der Waals surface area contributed by atoms with Gasteiger partial charge in [0.05, 0.1) is 0 Å². The molecule has 3 fully saturated rings. The molecule has 4 atom stereocenters. The van der Waals surface area contributed by atoms with E-state index in [9.17, 15) is 0 Å². The Balaban J connectivity index is 1.82. The molecule has 0 saturated heterocycles. The lowest BCUT2D eigenvalue weighted by Crippen LogP contribution is -2.27. The van der Waals surface area contributed by atoms with Crippen molar-refractivity contribution in [2.45, 2.75) is 31.6 Å². The number of hydrogen-bond donors (Lipinski definition) is 0. The summed E-state index contributed by atoms with van der Waals surface area (Å²) >= 11 is 0. The predicted molar refractivity (Wildman–Crippen MR) is 57.1 cm³/mol. The Kier molecular flexibility index (Phi) is 1.04. The van der Waals surface area contributed by atoms with Gasteiger partial charge in [0.15, 0.2) is 0 Å². The van der Waals surface area contributed by atoms with Crippen molar-refractivity contribution < 1.29 is 0 Å². The molecule has 1 aromatic rings. The first kappa shape index (κ1) is 7.50. The van der Waals surface area contributed by atoms with E-state index in [1.165, 1.54) is 19.3 Å². The van der Waals surface area contributed by atoms with Crippen LogP contribution in [0.3, 0.4) is 0 Å². The molecule has 0 aliphatic heterocycles. The fourth-order valence-electron chi connectivity index (χ4n) is 4.86. The minimum absolute atomic E-state index is 0.659. The molecule has 0 N–H and O–H groups in total. The summed E-state index contributed by atoms with van der Waals surface area (Å²) in [6.45, 7) is 2.51. The van der Waals surface area contributed by atoms with Gasteiger partial charge in [-0.2, -0.15) is 0 Å². The number of hydrogen-bond acceptors (Lipinski definition) is 0. The van der Waals surface area contributed by atoms with Crippen molar-refractivity contribution in [2.75, 3.05) is 0 Å². The van der Waals surface area contributed by atoms with Crippen molar-refractivity contribution in [3.05, 3.63) is 35.9 Å². The quantitative estimate of drug-likeness (QED) is 0.627. The van der Waals surface area contributed by atoms with Crippen molar-refractivity contribution in [1.29, 1.82) is 0 Å². The molecule has 72 valence electrons. The van der Waals surface area contributed by atoms with E-state index in [4.69, 9.17) is 0 Å². The fraction of sp³-hybridized carbons (Fsp3) is 0.571. The monoisotopic (exact) mass is 184 g/mol. The van der Waals surface area contributed by atoms with Gasteiger partial charge in [-0.1, -0.05) is 43.7 Å². The van der Waals surface area contributed by atoms with Gasteiger partial charge < -0.3 is 0 Å². The highest BCUT2D eigenvalue weighted by Crippen LogP contribution is 2.95. The summed E-state index contributed by atoms with van der Waals surface area (Å²) in [6.07, 6.45) is 4.45. The van der Waals surface area contributed by atoms with E-state index in [2.05, 4.69) is 37.3 Å². The zero-order chi connectivity index (χ0) is 9.39. The Morgan fingerprint density at radius 3 is 2.64 bits per heavy atom. The predicted octanol–water partition coefficient (Wildman–Crippen LogP) is 3.37. The van der Waals surface area contributed by atoms with Crippen LogP contribution < -0.4 is 0 Å². The van der Waals surface area contributed by atoms with Crippen molar-refractivity contribution in [2.24, 2.45) is 17.3 Å². The Labute approximate surface area is 85.3 Å². The smallest absolute Gasteiger partial charge is 0.00778 e. The second-order valence-electron chi connectivity index (χ2n) is 5.63. The average molecular weight is 184 g/mol. The van der Waals surface area contributed by atoms with E-state index in [0.717, 1.165) is 11.8 Å². The van der Waals surface area contributed by atoms with Crippen LogP contribution in [0.15, 0.2) is 30.3 Å². The summed E-state index contributed by atoms with van der Waals surface area (Å²) in [5, 5.41) is 0. The Morgan fingerprint density at radius 2 is 2.00 bits per heavy atom. The van der Waals surface area contributed by atoms with E-state index in [1.54, 1.807) is 5.56 Å². The third-order valence-corrected chi connectivity index (χ3v) is 5.38. The molecule has 14 heavy (non-hydrogen) atoms. The summed E-state index contributed by atoms with van der Waals surface area (Å²) in [6, 6.07) is 11.2. The van der Waals surface area contributed by atoms with Crippen molar-refractivity contribution in [1.82, 2.24) is 0 Å². The number of benzene rings is 1. The molecule has 4 unspecified atom stereocenters. The molecule has 0 aromatic heterocycles. The third-order valence-electron chi connectivity index (χ3n) is 5.38. The normalized spacial score (nSPS) is 52.4. The highest BCUT2D eigenvalue weighted by Gasteiger charge is 2.93. The summed E-state index contributed by atoms with van der Waals surface area (Å²) in [5.41, 5.74) is 3.00. The fourth-order valence-corrected chi connectivity index (χ4v) is 4.86. The van der Waals surface area contributed by atoms with E-state index in [-0.39, 0.29) is 0 Å². The van der Waals surface area contributed by atoms with Crippen molar-refractivity contribution in [3.8, 4) is 0 Å². The first-order valence-corrected chi connectivity index (χ1v) is 5.87. The van der Waals surface area contributed by atoms with Crippen molar-refractivity contribution in [3.63, 3.8) is 0 Å². The zero-order valence-electron chi connectivity index (χ0n) is 8.66. The van der Waals surface area contributed by atoms with Gasteiger partial charge in [0, 0.05) is 5.41 Å². The third kappa shape index (κ3) is 0.526.